The zero-order chi connectivity index (χ0) is 13.5. The van der Waals surface area contributed by atoms with Crippen molar-refractivity contribution in [2.45, 2.75) is 38.1 Å². The fraction of sp³-hybridized carbons (Fsp3) is 0.833. The fourth-order valence-corrected chi connectivity index (χ4v) is 2.64. The van der Waals surface area contributed by atoms with E-state index in [2.05, 4.69) is 5.32 Å². The van der Waals surface area contributed by atoms with E-state index in [1.165, 1.54) is 7.11 Å². The number of hydrogen-bond acceptors (Lipinski definition) is 4. The normalized spacial score (nSPS) is 25.2. The van der Waals surface area contributed by atoms with Gasteiger partial charge in [-0.15, -0.1) is 0 Å². The lowest BCUT2D eigenvalue weighted by atomic mass is 9.78. The molecule has 0 aliphatic heterocycles. The predicted molar refractivity (Wildman–Crippen MR) is 64.1 cm³/mol. The van der Waals surface area contributed by atoms with E-state index in [4.69, 9.17) is 14.9 Å². The summed E-state index contributed by atoms with van der Waals surface area (Å²) in [6.07, 6.45) is 2.88. The minimum Gasteiger partial charge on any atom is -0.469 e. The van der Waals surface area contributed by atoms with Gasteiger partial charge in [0.15, 0.2) is 0 Å². The molecule has 0 spiro atoms. The third kappa shape index (κ3) is 4.52. The highest BCUT2D eigenvalue weighted by Crippen LogP contribution is 2.32. The third-order valence-corrected chi connectivity index (χ3v) is 3.48. The van der Waals surface area contributed by atoms with Gasteiger partial charge in [-0.05, 0) is 25.2 Å². The Morgan fingerprint density at radius 2 is 2.17 bits per heavy atom. The smallest absolute Gasteiger partial charge is 0.404 e. The van der Waals surface area contributed by atoms with Crippen molar-refractivity contribution in [3.63, 3.8) is 0 Å². The van der Waals surface area contributed by atoms with Crippen molar-refractivity contribution in [3.05, 3.63) is 0 Å². The zero-order valence-corrected chi connectivity index (χ0v) is 10.6. The second-order valence-corrected chi connectivity index (χ2v) is 4.82. The predicted octanol–water partition coefficient (Wildman–Crippen LogP) is 0.984. The molecule has 1 rings (SSSR count). The molecule has 0 radical (unpaired) electrons. The molecule has 104 valence electrons. The van der Waals surface area contributed by atoms with Crippen LogP contribution in [0.1, 0.15) is 32.1 Å². The van der Waals surface area contributed by atoms with E-state index in [0.717, 1.165) is 19.3 Å². The van der Waals surface area contributed by atoms with Crippen LogP contribution in [0.25, 0.3) is 0 Å². The molecule has 3 N–H and O–H groups in total. The lowest BCUT2D eigenvalue weighted by molar-refractivity contribution is -0.147. The maximum Gasteiger partial charge on any atom is 0.404 e. The van der Waals surface area contributed by atoms with Gasteiger partial charge in [0.05, 0.1) is 25.7 Å². The second kappa shape index (κ2) is 7.20. The number of nitrogens with one attached hydrogen (secondary N) is 1. The second-order valence-electron chi connectivity index (χ2n) is 4.82. The van der Waals surface area contributed by atoms with Crippen LogP contribution in [0.15, 0.2) is 0 Å². The van der Waals surface area contributed by atoms with Gasteiger partial charge in [-0.1, -0.05) is 12.8 Å². The average molecular weight is 259 g/mol. The molecule has 1 aliphatic carbocycles. The maximum absolute atomic E-state index is 11.5. The molecule has 1 aliphatic rings. The van der Waals surface area contributed by atoms with Crippen molar-refractivity contribution in [1.82, 2.24) is 5.32 Å². The Hall–Kier alpha value is -1.30. The van der Waals surface area contributed by atoms with Gasteiger partial charge in [-0.3, -0.25) is 4.79 Å². The van der Waals surface area contributed by atoms with E-state index >= 15 is 0 Å². The Balaban J connectivity index is 2.45. The molecular weight excluding hydrogens is 238 g/mol. The zero-order valence-electron chi connectivity index (χ0n) is 10.6. The number of rotatable bonds is 5. The number of ether oxygens (including phenoxy) is 1. The van der Waals surface area contributed by atoms with Crippen molar-refractivity contribution < 1.29 is 24.5 Å². The number of esters is 1. The standard InChI is InChI=1S/C12H21NO5/c1-18-11(15)9-4-2-3-8(5-9)6-10(7-14)13-12(16)17/h8-10,13-14H,2-7H2,1H3,(H,16,17)/t8?,9?,10-/m0/s1. The van der Waals surface area contributed by atoms with Crippen LogP contribution in [-0.2, 0) is 9.53 Å². The number of aliphatic hydroxyl groups is 1. The topological polar surface area (TPSA) is 95.9 Å². The van der Waals surface area contributed by atoms with Crippen molar-refractivity contribution in [1.29, 1.82) is 0 Å². The first-order valence-corrected chi connectivity index (χ1v) is 6.25. The first-order chi connectivity index (χ1) is 8.56. The molecule has 0 aromatic carbocycles. The van der Waals surface area contributed by atoms with Gasteiger partial charge in [0.1, 0.15) is 0 Å². The lowest BCUT2D eigenvalue weighted by Crippen LogP contribution is -2.39. The molecule has 1 fully saturated rings. The van der Waals surface area contributed by atoms with E-state index < -0.39 is 12.1 Å². The van der Waals surface area contributed by atoms with Crippen LogP contribution in [0, 0.1) is 11.8 Å². The SMILES string of the molecule is COC(=O)C1CCCC(C[C@@H](CO)NC(=O)O)C1. The molecule has 3 atom stereocenters. The summed E-state index contributed by atoms with van der Waals surface area (Å²) in [6, 6.07) is -0.455. The van der Waals surface area contributed by atoms with Crippen LogP contribution in [0.2, 0.25) is 0 Å². The number of methoxy groups -OCH3 is 1. The first-order valence-electron chi connectivity index (χ1n) is 6.25. The van der Waals surface area contributed by atoms with Crippen LogP contribution < -0.4 is 5.32 Å². The molecule has 6 nitrogen and oxygen atoms in total. The van der Waals surface area contributed by atoms with E-state index in [0.29, 0.717) is 12.8 Å². The van der Waals surface area contributed by atoms with E-state index in [9.17, 15) is 9.59 Å². The maximum atomic E-state index is 11.5. The summed E-state index contributed by atoms with van der Waals surface area (Å²) >= 11 is 0. The first kappa shape index (κ1) is 14.8. The average Bonchev–Trinajstić information content (AvgIpc) is 2.36. The summed E-state index contributed by atoms with van der Waals surface area (Å²) < 4.78 is 4.74. The van der Waals surface area contributed by atoms with Crippen LogP contribution >= 0.6 is 0 Å². The van der Waals surface area contributed by atoms with E-state index in [-0.39, 0.29) is 24.4 Å². The van der Waals surface area contributed by atoms with Gasteiger partial charge in [0.2, 0.25) is 0 Å². The molecule has 2 unspecified atom stereocenters. The highest BCUT2D eigenvalue weighted by molar-refractivity contribution is 5.72. The largest absolute Gasteiger partial charge is 0.469 e. The summed E-state index contributed by atoms with van der Waals surface area (Å²) in [5, 5.41) is 20.0. The molecule has 0 aromatic rings. The lowest BCUT2D eigenvalue weighted by Gasteiger charge is -2.29. The quantitative estimate of drug-likeness (QED) is 0.640. The summed E-state index contributed by atoms with van der Waals surface area (Å²) in [4.78, 5) is 22.0. The molecule has 0 heterocycles. The molecule has 0 bridgehead atoms. The van der Waals surface area contributed by atoms with Crippen LogP contribution in [-0.4, -0.2) is 42.0 Å². The molecule has 0 aromatic heterocycles. The summed E-state index contributed by atoms with van der Waals surface area (Å²) in [6.45, 7) is -0.217. The van der Waals surface area contributed by atoms with Crippen LogP contribution in [0.4, 0.5) is 4.79 Å². The molecule has 1 amide bonds. The Kier molecular flexibility index (Phi) is 5.91. The van der Waals surface area contributed by atoms with Crippen molar-refractivity contribution in [2.24, 2.45) is 11.8 Å². The van der Waals surface area contributed by atoms with Gasteiger partial charge in [0, 0.05) is 0 Å². The highest BCUT2D eigenvalue weighted by atomic mass is 16.5. The number of carbonyl (C=O) groups is 2. The van der Waals surface area contributed by atoms with Crippen LogP contribution in [0.5, 0.6) is 0 Å². The minimum atomic E-state index is -1.13. The summed E-state index contributed by atoms with van der Waals surface area (Å²) in [5.74, 6) is -0.0174. The van der Waals surface area contributed by atoms with E-state index in [1.807, 2.05) is 0 Å². The van der Waals surface area contributed by atoms with Gasteiger partial charge >= 0.3 is 12.1 Å². The van der Waals surface area contributed by atoms with Gasteiger partial charge < -0.3 is 20.3 Å². The molecule has 1 saturated carbocycles. The Morgan fingerprint density at radius 3 is 2.72 bits per heavy atom. The molecular formula is C12H21NO5. The van der Waals surface area contributed by atoms with Gasteiger partial charge in [0.25, 0.3) is 0 Å². The van der Waals surface area contributed by atoms with Crippen LogP contribution in [0.3, 0.4) is 0 Å². The fourth-order valence-electron chi connectivity index (χ4n) is 2.64. The van der Waals surface area contributed by atoms with Crippen molar-refractivity contribution in [3.8, 4) is 0 Å². The minimum absolute atomic E-state index is 0.0853. The number of carbonyl (C=O) groups excluding carboxylic acids is 1. The van der Waals surface area contributed by atoms with Gasteiger partial charge in [-0.25, -0.2) is 4.79 Å². The number of hydrogen-bond donors (Lipinski definition) is 3. The van der Waals surface area contributed by atoms with Gasteiger partial charge in [-0.2, -0.15) is 0 Å². The molecule has 0 saturated heterocycles. The Bertz CT molecular complexity index is 294. The number of aliphatic hydroxyl groups excluding tert-OH is 1. The van der Waals surface area contributed by atoms with E-state index in [1.54, 1.807) is 0 Å². The summed E-state index contributed by atoms with van der Waals surface area (Å²) in [7, 11) is 1.38. The number of amides is 1. The highest BCUT2D eigenvalue weighted by Gasteiger charge is 2.29. The number of carboxylic acid groups (broad SMARTS) is 1. The third-order valence-electron chi connectivity index (χ3n) is 3.48. The molecule has 6 heteroatoms. The molecule has 18 heavy (non-hydrogen) atoms. The van der Waals surface area contributed by atoms with Crippen molar-refractivity contribution in [2.75, 3.05) is 13.7 Å². The monoisotopic (exact) mass is 259 g/mol. The Labute approximate surface area is 106 Å². The Morgan fingerprint density at radius 1 is 1.44 bits per heavy atom. The van der Waals surface area contributed by atoms with Crippen molar-refractivity contribution >= 4 is 12.1 Å². The summed E-state index contributed by atoms with van der Waals surface area (Å²) in [5.41, 5.74) is 0.